The van der Waals surface area contributed by atoms with Gasteiger partial charge in [-0.05, 0) is 44.2 Å². The maximum atomic E-state index is 9.68. The van der Waals surface area contributed by atoms with Gasteiger partial charge in [0.1, 0.15) is 5.82 Å². The molecule has 2 aliphatic rings. The fourth-order valence-electron chi connectivity index (χ4n) is 4.17. The second-order valence-electron chi connectivity index (χ2n) is 8.29. The highest BCUT2D eigenvalue weighted by Gasteiger charge is 2.37. The Bertz CT molecular complexity index is 896. The molecular formula is C19H29ClN5O5P. The highest BCUT2D eigenvalue weighted by molar-refractivity contribution is 7.46. The van der Waals surface area contributed by atoms with Crippen LogP contribution in [0.15, 0.2) is 6.20 Å². The number of fused-ring (bicyclic) bond motifs is 1. The van der Waals surface area contributed by atoms with E-state index in [-0.39, 0.29) is 30.8 Å². The first-order valence-corrected chi connectivity index (χ1v) is 12.2. The largest absolute Gasteiger partial charge is 0.381 e. The van der Waals surface area contributed by atoms with Gasteiger partial charge in [-0.2, -0.15) is 15.1 Å². The van der Waals surface area contributed by atoms with Crippen LogP contribution in [-0.4, -0.2) is 67.3 Å². The van der Waals surface area contributed by atoms with Crippen molar-refractivity contribution in [2.75, 3.05) is 25.6 Å². The summed E-state index contributed by atoms with van der Waals surface area (Å²) in [6, 6.07) is 0.395. The van der Waals surface area contributed by atoms with Gasteiger partial charge in [-0.15, -0.1) is 0 Å². The molecule has 0 bridgehead atoms. The maximum Gasteiger partial charge on any atom is 0.226 e. The normalized spacial score (nSPS) is 24.3. The average molecular weight is 474 g/mol. The van der Waals surface area contributed by atoms with E-state index >= 15 is 0 Å². The Morgan fingerprint density at radius 1 is 1.29 bits per heavy atom. The van der Waals surface area contributed by atoms with E-state index in [0.717, 1.165) is 31.1 Å². The average Bonchev–Trinajstić information content (AvgIpc) is 3.47. The number of nitrogens with one attached hydrogen (secondary N) is 1. The lowest BCUT2D eigenvalue weighted by Gasteiger charge is -2.30. The summed E-state index contributed by atoms with van der Waals surface area (Å²) in [6.07, 6.45) is 7.39. The molecule has 2 aromatic rings. The molecule has 3 N–H and O–H groups in total. The zero-order valence-corrected chi connectivity index (χ0v) is 19.3. The van der Waals surface area contributed by atoms with Crippen LogP contribution >= 0.6 is 20.0 Å². The van der Waals surface area contributed by atoms with Gasteiger partial charge in [0.25, 0.3) is 0 Å². The molecule has 2 aromatic heterocycles. The summed E-state index contributed by atoms with van der Waals surface area (Å²) < 4.78 is 18.7. The molecule has 10 nitrogen and oxygen atoms in total. The molecule has 4 rings (SSSR count). The number of anilines is 1. The molecule has 1 saturated heterocycles. The van der Waals surface area contributed by atoms with Crippen molar-refractivity contribution in [2.24, 2.45) is 0 Å². The third-order valence-corrected chi connectivity index (χ3v) is 7.17. The Labute approximate surface area is 187 Å². The molecule has 3 atom stereocenters. The van der Waals surface area contributed by atoms with Gasteiger partial charge in [-0.25, -0.2) is 4.68 Å². The van der Waals surface area contributed by atoms with E-state index < -0.39 is 13.7 Å². The summed E-state index contributed by atoms with van der Waals surface area (Å²) in [4.78, 5) is 28.1. The monoisotopic (exact) mass is 473 g/mol. The van der Waals surface area contributed by atoms with Crippen LogP contribution < -0.4 is 5.32 Å². The number of methoxy groups -OCH3 is 1. The summed E-state index contributed by atoms with van der Waals surface area (Å²) in [6.45, 7) is 1.92. The molecule has 1 aliphatic carbocycles. The summed E-state index contributed by atoms with van der Waals surface area (Å²) in [5, 5.41) is 7.82. The number of ether oxygens (including phenoxy) is 3. The molecule has 0 radical (unpaired) electrons. The van der Waals surface area contributed by atoms with Gasteiger partial charge in [-0.1, -0.05) is 12.8 Å². The van der Waals surface area contributed by atoms with E-state index in [1.807, 2.05) is 0 Å². The van der Waals surface area contributed by atoms with Crippen molar-refractivity contribution < 1.29 is 24.0 Å². The summed E-state index contributed by atoms with van der Waals surface area (Å²) in [5.74, 6) is 0.709. The quantitative estimate of drug-likeness (QED) is 0.372. The lowest BCUT2D eigenvalue weighted by molar-refractivity contribution is -0.0894. The molecular weight excluding hydrogens is 445 g/mol. The van der Waals surface area contributed by atoms with Gasteiger partial charge in [0.05, 0.1) is 30.9 Å². The Kier molecular flexibility index (Phi) is 7.27. The minimum atomic E-state index is -2.32. The molecule has 1 aliphatic heterocycles. The number of aromatic nitrogens is 4. The first-order valence-electron chi connectivity index (χ1n) is 10.5. The number of hydrogen-bond donors (Lipinski definition) is 3. The Hall–Kier alpha value is -1.13. The van der Waals surface area contributed by atoms with E-state index in [2.05, 4.69) is 20.4 Å². The number of hydrogen-bond acceptors (Lipinski definition) is 9. The summed E-state index contributed by atoms with van der Waals surface area (Å²) >= 11 is 6.21. The molecule has 172 valence electrons. The fraction of sp³-hybridized carbons (Fsp3) is 0.737. The third-order valence-electron chi connectivity index (χ3n) is 5.90. The molecule has 0 spiro atoms. The Morgan fingerprint density at radius 2 is 2.06 bits per heavy atom. The van der Waals surface area contributed by atoms with Crippen LogP contribution in [0.1, 0.15) is 51.7 Å². The van der Waals surface area contributed by atoms with Crippen LogP contribution in [0, 0.1) is 0 Å². The van der Waals surface area contributed by atoms with E-state index in [4.69, 9.17) is 25.8 Å². The van der Waals surface area contributed by atoms with E-state index in [1.54, 1.807) is 17.8 Å². The first-order chi connectivity index (χ1) is 14.9. The zero-order chi connectivity index (χ0) is 22.0. The third kappa shape index (κ3) is 5.11. The minimum absolute atomic E-state index is 0.0812. The van der Waals surface area contributed by atoms with E-state index in [9.17, 15) is 9.79 Å². The predicted molar refractivity (Wildman–Crippen MR) is 117 cm³/mol. The van der Waals surface area contributed by atoms with Crippen molar-refractivity contribution in [1.82, 2.24) is 19.7 Å². The molecule has 3 heterocycles. The topological polar surface area (TPSA) is 124 Å². The lowest BCUT2D eigenvalue weighted by atomic mass is 10.2. The van der Waals surface area contributed by atoms with Crippen LogP contribution in [0.3, 0.4) is 0 Å². The van der Waals surface area contributed by atoms with E-state index in [1.165, 1.54) is 20.0 Å². The molecule has 3 unspecified atom stereocenters. The SMILES string of the molecule is COCC(C)(OCC1CCC(n2ncc3c(NC4CCCC4)nc(Cl)nc32)O1)P(O)O. The number of halogens is 1. The lowest BCUT2D eigenvalue weighted by Crippen LogP contribution is -2.35. The minimum Gasteiger partial charge on any atom is -0.381 e. The molecule has 0 aromatic carbocycles. The Balaban J connectivity index is 1.45. The van der Waals surface area contributed by atoms with Crippen LogP contribution in [0.4, 0.5) is 5.82 Å². The van der Waals surface area contributed by atoms with Crippen molar-refractivity contribution in [1.29, 1.82) is 0 Å². The van der Waals surface area contributed by atoms with E-state index in [0.29, 0.717) is 17.5 Å². The van der Waals surface area contributed by atoms with Crippen molar-refractivity contribution in [3.05, 3.63) is 11.5 Å². The fourth-order valence-corrected chi connectivity index (χ4v) is 4.77. The van der Waals surface area contributed by atoms with Crippen molar-refractivity contribution >= 4 is 36.8 Å². The molecule has 31 heavy (non-hydrogen) atoms. The van der Waals surface area contributed by atoms with Crippen LogP contribution in [0.5, 0.6) is 0 Å². The van der Waals surface area contributed by atoms with Crippen LogP contribution in [0.25, 0.3) is 11.0 Å². The van der Waals surface area contributed by atoms with Gasteiger partial charge in [0.15, 0.2) is 17.2 Å². The molecule has 2 fully saturated rings. The second kappa shape index (κ2) is 9.79. The number of rotatable bonds is 9. The predicted octanol–water partition coefficient (Wildman–Crippen LogP) is 3.19. The van der Waals surface area contributed by atoms with Gasteiger partial charge in [-0.3, -0.25) is 0 Å². The van der Waals surface area contributed by atoms with Crippen LogP contribution in [-0.2, 0) is 14.2 Å². The van der Waals surface area contributed by atoms with Gasteiger partial charge in [0, 0.05) is 13.2 Å². The molecule has 0 amide bonds. The highest BCUT2D eigenvalue weighted by atomic mass is 35.5. The summed E-state index contributed by atoms with van der Waals surface area (Å²) in [7, 11) is -0.821. The zero-order valence-electron chi connectivity index (χ0n) is 17.7. The summed E-state index contributed by atoms with van der Waals surface area (Å²) in [5.41, 5.74) is 0.630. The first kappa shape index (κ1) is 23.0. The number of nitrogens with zero attached hydrogens (tertiary/aromatic N) is 4. The standard InChI is InChI=1S/C19H29ClN5O5P/c1-19(11-28-2,31(26)27)29-10-13-7-8-15(30-13)25-17-14(9-21-25)16(23-18(20)24-17)22-12-5-3-4-6-12/h9,12-13,15,26-27H,3-8,10-11H2,1-2H3,(H,22,23,24). The van der Waals surface area contributed by atoms with Gasteiger partial charge < -0.3 is 29.3 Å². The van der Waals surface area contributed by atoms with Crippen molar-refractivity contribution in [2.45, 2.75) is 69.2 Å². The van der Waals surface area contributed by atoms with Gasteiger partial charge in [0.2, 0.25) is 13.7 Å². The van der Waals surface area contributed by atoms with Gasteiger partial charge >= 0.3 is 0 Å². The smallest absolute Gasteiger partial charge is 0.226 e. The van der Waals surface area contributed by atoms with Crippen molar-refractivity contribution in [3.8, 4) is 0 Å². The highest BCUT2D eigenvalue weighted by Crippen LogP contribution is 2.43. The molecule has 1 saturated carbocycles. The molecule has 12 heteroatoms. The second-order valence-corrected chi connectivity index (χ2v) is 10.2. The maximum absolute atomic E-state index is 9.68. The van der Waals surface area contributed by atoms with Crippen LogP contribution in [0.2, 0.25) is 5.28 Å². The Morgan fingerprint density at radius 3 is 2.77 bits per heavy atom. The van der Waals surface area contributed by atoms with Crippen molar-refractivity contribution in [3.63, 3.8) is 0 Å².